The Kier molecular flexibility index (Phi) is 11.1. The molecule has 3 amide bonds. The van der Waals surface area contributed by atoms with Crippen LogP contribution in [-0.4, -0.2) is 79.4 Å². The molecule has 5 rings (SSSR count). The van der Waals surface area contributed by atoms with E-state index in [1.807, 2.05) is 60.5 Å². The number of carbonyl (C=O) groups is 3. The number of methoxy groups -OCH3 is 1. The number of nitrogens with one attached hydrogen (secondary N) is 3. The lowest BCUT2D eigenvalue weighted by atomic mass is 10.0. The van der Waals surface area contributed by atoms with Crippen molar-refractivity contribution in [2.24, 2.45) is 0 Å². The zero-order valence-electron chi connectivity index (χ0n) is 26.9. The van der Waals surface area contributed by atoms with Crippen LogP contribution in [0.4, 0.5) is 11.4 Å². The van der Waals surface area contributed by atoms with Crippen LogP contribution in [-0.2, 0) is 16.1 Å². The average Bonchev–Trinajstić information content (AvgIpc) is 3.54. The molecule has 0 aliphatic carbocycles. The fourth-order valence-electron chi connectivity index (χ4n) is 5.61. The Hall–Kier alpha value is -4.67. The molecule has 46 heavy (non-hydrogen) atoms. The van der Waals surface area contributed by atoms with Crippen LogP contribution in [0.5, 0.6) is 5.75 Å². The van der Waals surface area contributed by atoms with Crippen LogP contribution in [0.15, 0.2) is 66.9 Å². The van der Waals surface area contributed by atoms with Gasteiger partial charge in [0.15, 0.2) is 0 Å². The van der Waals surface area contributed by atoms with Gasteiger partial charge in [-0.25, -0.2) is 0 Å². The zero-order valence-corrected chi connectivity index (χ0v) is 26.9. The highest BCUT2D eigenvalue weighted by Crippen LogP contribution is 2.28. The number of H-pyrrole nitrogens is 1. The molecule has 1 aliphatic rings. The number of anilines is 2. The average molecular weight is 626 g/mol. The fourth-order valence-corrected chi connectivity index (χ4v) is 5.61. The van der Waals surface area contributed by atoms with Gasteiger partial charge in [-0.2, -0.15) is 0 Å². The summed E-state index contributed by atoms with van der Waals surface area (Å²) in [5.74, 6) is 0.214. The molecule has 4 aromatic rings. The number of aryl methyl sites for hydroxylation is 1. The van der Waals surface area contributed by atoms with E-state index >= 15 is 0 Å². The molecule has 1 saturated heterocycles. The van der Waals surface area contributed by atoms with E-state index in [0.29, 0.717) is 46.8 Å². The van der Waals surface area contributed by atoms with Gasteiger partial charge in [0.05, 0.1) is 24.6 Å². The second-order valence-electron chi connectivity index (χ2n) is 11.8. The molecule has 2 heterocycles. The molecule has 1 aromatic heterocycles. The van der Waals surface area contributed by atoms with Gasteiger partial charge in [-0.05, 0) is 92.9 Å². The lowest BCUT2D eigenvalue weighted by Gasteiger charge is -2.32. The summed E-state index contributed by atoms with van der Waals surface area (Å²) in [5, 5.41) is 6.87. The summed E-state index contributed by atoms with van der Waals surface area (Å²) < 4.78 is 11.5. The second kappa shape index (κ2) is 15.6. The lowest BCUT2D eigenvalue weighted by Crippen LogP contribution is -2.47. The van der Waals surface area contributed by atoms with Crippen molar-refractivity contribution in [1.82, 2.24) is 14.8 Å². The largest absolute Gasteiger partial charge is 0.491 e. The summed E-state index contributed by atoms with van der Waals surface area (Å²) >= 11 is 0. The van der Waals surface area contributed by atoms with Gasteiger partial charge in [-0.15, -0.1) is 0 Å². The van der Waals surface area contributed by atoms with E-state index < -0.39 is 0 Å². The Bertz CT molecular complexity index is 1670. The van der Waals surface area contributed by atoms with E-state index in [4.69, 9.17) is 9.47 Å². The van der Waals surface area contributed by atoms with Gasteiger partial charge in [-0.3, -0.25) is 14.4 Å². The Morgan fingerprint density at radius 3 is 2.48 bits per heavy atom. The van der Waals surface area contributed by atoms with E-state index in [1.165, 1.54) is 0 Å². The summed E-state index contributed by atoms with van der Waals surface area (Å²) in [6, 6.07) is 18.2. The number of hydrogen-bond acceptors (Lipinski definition) is 6. The van der Waals surface area contributed by atoms with Gasteiger partial charge >= 0.3 is 0 Å². The Balaban J connectivity index is 1.17. The van der Waals surface area contributed by atoms with E-state index in [-0.39, 0.29) is 24.3 Å². The molecular formula is C36H43N5O5. The first kappa shape index (κ1) is 32.7. The molecule has 0 spiro atoms. The number of benzene rings is 3. The molecule has 3 N–H and O–H groups in total. The molecule has 10 heteroatoms. The van der Waals surface area contributed by atoms with Gasteiger partial charge in [0, 0.05) is 67.9 Å². The molecule has 1 fully saturated rings. The number of unbranched alkanes of at least 4 members (excludes halogenated alkanes) is 2. The minimum Gasteiger partial charge on any atom is -0.491 e. The summed E-state index contributed by atoms with van der Waals surface area (Å²) in [6.45, 7) is 6.08. The molecule has 0 bridgehead atoms. The standard InChI is InChI=1S/C36H43N5O5/c1-25-11-14-32(33(22-25)46-21-6-4-5-10-34(42)41-19-17-40(2)18-20-41)39-35(43)26-12-13-28(27(23-26)24-45-3)36(44)38-31-9-7-8-30-29(31)15-16-37-30/h7-9,11-16,22-23,37H,4-6,10,17-21,24H2,1-3H3,(H,38,44)(H,39,43). The number of fused-ring (bicyclic) bond motifs is 1. The van der Waals surface area contributed by atoms with Gasteiger partial charge in [0.1, 0.15) is 5.75 Å². The minimum atomic E-state index is -0.322. The van der Waals surface area contributed by atoms with E-state index in [9.17, 15) is 14.4 Å². The number of aromatic nitrogens is 1. The maximum Gasteiger partial charge on any atom is 0.256 e. The van der Waals surface area contributed by atoms with Crippen molar-refractivity contribution in [2.75, 3.05) is 57.6 Å². The number of hydrogen-bond donors (Lipinski definition) is 3. The fraction of sp³-hybridized carbons (Fsp3) is 0.361. The summed E-state index contributed by atoms with van der Waals surface area (Å²) in [4.78, 5) is 46.5. The predicted octanol–water partition coefficient (Wildman–Crippen LogP) is 5.84. The van der Waals surface area contributed by atoms with Crippen LogP contribution in [0.1, 0.15) is 57.5 Å². The SMILES string of the molecule is COCc1cc(C(=O)Nc2ccc(C)cc2OCCCCCC(=O)N2CCN(C)CC2)ccc1C(=O)Nc1cccc2[nH]ccc12. The Labute approximate surface area is 270 Å². The monoisotopic (exact) mass is 625 g/mol. The zero-order chi connectivity index (χ0) is 32.5. The van der Waals surface area contributed by atoms with Crippen LogP contribution in [0.2, 0.25) is 0 Å². The van der Waals surface area contributed by atoms with Crippen LogP contribution in [0, 0.1) is 6.92 Å². The summed E-state index contributed by atoms with van der Waals surface area (Å²) in [7, 11) is 3.63. The third-order valence-corrected chi connectivity index (χ3v) is 8.29. The number of likely N-dealkylation sites (N-methyl/N-ethyl adjacent to an activating group) is 1. The van der Waals surface area contributed by atoms with Crippen LogP contribution in [0.25, 0.3) is 10.9 Å². The van der Waals surface area contributed by atoms with Crippen molar-refractivity contribution in [3.05, 3.63) is 89.1 Å². The molecule has 3 aromatic carbocycles. The van der Waals surface area contributed by atoms with Crippen molar-refractivity contribution in [3.8, 4) is 5.75 Å². The summed E-state index contributed by atoms with van der Waals surface area (Å²) in [6.07, 6.45) is 4.90. The minimum absolute atomic E-state index is 0.165. The van der Waals surface area contributed by atoms with Gasteiger partial charge in [0.2, 0.25) is 5.91 Å². The Morgan fingerprint density at radius 2 is 1.67 bits per heavy atom. The lowest BCUT2D eigenvalue weighted by molar-refractivity contribution is -0.132. The molecule has 0 atom stereocenters. The molecule has 10 nitrogen and oxygen atoms in total. The number of piperazine rings is 1. The normalized spacial score (nSPS) is 13.5. The van der Waals surface area contributed by atoms with Crippen molar-refractivity contribution in [1.29, 1.82) is 0 Å². The molecule has 0 unspecified atom stereocenters. The second-order valence-corrected chi connectivity index (χ2v) is 11.8. The first-order valence-electron chi connectivity index (χ1n) is 15.8. The van der Waals surface area contributed by atoms with Gasteiger partial charge < -0.3 is 34.9 Å². The predicted molar refractivity (Wildman–Crippen MR) is 181 cm³/mol. The topological polar surface area (TPSA) is 116 Å². The van der Waals surface area contributed by atoms with Gasteiger partial charge in [-0.1, -0.05) is 12.1 Å². The highest BCUT2D eigenvalue weighted by Gasteiger charge is 2.19. The van der Waals surface area contributed by atoms with Crippen molar-refractivity contribution >= 4 is 40.0 Å². The highest BCUT2D eigenvalue weighted by atomic mass is 16.5. The first-order chi connectivity index (χ1) is 22.3. The van der Waals surface area contributed by atoms with Crippen molar-refractivity contribution in [3.63, 3.8) is 0 Å². The smallest absolute Gasteiger partial charge is 0.256 e. The first-order valence-corrected chi connectivity index (χ1v) is 15.8. The quantitative estimate of drug-likeness (QED) is 0.161. The van der Waals surface area contributed by atoms with Crippen LogP contribution < -0.4 is 15.4 Å². The number of amides is 3. The molecule has 0 saturated carbocycles. The number of nitrogens with zero attached hydrogens (tertiary/aromatic N) is 2. The number of aromatic amines is 1. The third kappa shape index (κ3) is 8.32. The number of rotatable bonds is 13. The molecular weight excluding hydrogens is 582 g/mol. The number of ether oxygens (including phenoxy) is 2. The maximum atomic E-state index is 13.4. The van der Waals surface area contributed by atoms with Gasteiger partial charge in [0.25, 0.3) is 11.8 Å². The van der Waals surface area contributed by atoms with E-state index in [1.54, 1.807) is 25.3 Å². The molecule has 0 radical (unpaired) electrons. The summed E-state index contributed by atoms with van der Waals surface area (Å²) in [5.41, 5.74) is 4.62. The Morgan fingerprint density at radius 1 is 0.870 bits per heavy atom. The number of carbonyl (C=O) groups excluding carboxylic acids is 3. The van der Waals surface area contributed by atoms with E-state index in [2.05, 4.69) is 27.6 Å². The maximum absolute atomic E-state index is 13.4. The van der Waals surface area contributed by atoms with Crippen LogP contribution >= 0.6 is 0 Å². The van der Waals surface area contributed by atoms with Crippen LogP contribution in [0.3, 0.4) is 0 Å². The van der Waals surface area contributed by atoms with Crippen molar-refractivity contribution < 1.29 is 23.9 Å². The third-order valence-electron chi connectivity index (χ3n) is 8.29. The van der Waals surface area contributed by atoms with E-state index in [0.717, 1.165) is 61.9 Å². The van der Waals surface area contributed by atoms with Crippen molar-refractivity contribution in [2.45, 2.75) is 39.2 Å². The highest BCUT2D eigenvalue weighted by molar-refractivity contribution is 6.11. The molecule has 242 valence electrons. The molecule has 1 aliphatic heterocycles.